The van der Waals surface area contributed by atoms with E-state index < -0.39 is 5.91 Å². The van der Waals surface area contributed by atoms with E-state index in [1.807, 2.05) is 13.8 Å². The number of carbonyl (C=O) groups is 1. The fraction of sp³-hybridized carbons (Fsp3) is 0.158. The molecule has 0 aliphatic rings. The lowest BCUT2D eigenvalue weighted by atomic mass is 10.1. The van der Waals surface area contributed by atoms with Crippen molar-refractivity contribution in [2.45, 2.75) is 20.4 Å². The normalized spacial score (nSPS) is 11.2. The first kappa shape index (κ1) is 17.3. The highest BCUT2D eigenvalue weighted by Crippen LogP contribution is 2.11. The van der Waals surface area contributed by atoms with Gasteiger partial charge in [-0.1, -0.05) is 0 Å². The first-order chi connectivity index (χ1) is 12.5. The van der Waals surface area contributed by atoms with E-state index in [9.17, 15) is 14.7 Å². The third-order valence-electron chi connectivity index (χ3n) is 3.92. The van der Waals surface area contributed by atoms with Gasteiger partial charge in [0.05, 0.1) is 11.6 Å². The number of hydrazone groups is 1. The highest BCUT2D eigenvalue weighted by molar-refractivity contribution is 5.97. The van der Waals surface area contributed by atoms with Crippen LogP contribution in [0.4, 0.5) is 0 Å². The number of aryl methyl sites for hydroxylation is 2. The Balaban J connectivity index is 1.90. The molecule has 0 radical (unpaired) electrons. The van der Waals surface area contributed by atoms with Gasteiger partial charge in [0.25, 0.3) is 5.91 Å². The van der Waals surface area contributed by atoms with Gasteiger partial charge in [-0.3, -0.25) is 9.59 Å². The second-order valence-electron chi connectivity index (χ2n) is 5.77. The van der Waals surface area contributed by atoms with E-state index in [0.29, 0.717) is 23.1 Å². The predicted octanol–water partition coefficient (Wildman–Crippen LogP) is 2.19. The summed E-state index contributed by atoms with van der Waals surface area (Å²) in [5, 5.41) is 13.5. The fourth-order valence-electron chi connectivity index (χ4n) is 2.55. The zero-order valence-electron chi connectivity index (χ0n) is 14.4. The summed E-state index contributed by atoms with van der Waals surface area (Å²) >= 11 is 0. The molecule has 7 heteroatoms. The minimum Gasteiger partial charge on any atom is -0.508 e. The molecule has 0 saturated carbocycles. The number of nitrogens with one attached hydrogen (secondary N) is 1. The number of phenolic OH excluding ortho intramolecular Hbond substituents is 1. The lowest BCUT2D eigenvalue weighted by Crippen LogP contribution is -2.27. The maximum absolute atomic E-state index is 12.6. The van der Waals surface area contributed by atoms with Crippen LogP contribution < -0.4 is 10.9 Å². The topological polar surface area (TPSA) is 96.6 Å². The number of fused-ring (bicyclic) bond motifs is 1. The van der Waals surface area contributed by atoms with Crippen molar-refractivity contribution in [3.63, 3.8) is 0 Å². The van der Waals surface area contributed by atoms with Crippen molar-refractivity contribution < 1.29 is 9.90 Å². The standard InChI is InChI=1S/C19H18N4O3/c1-3-23-11-16(17(25)15-9-4-12(2)21-18(15)23)19(26)22-20-10-13-5-7-14(24)8-6-13/h4-11,24H,3H2,1-2H3,(H,22,26)/b20-10+. The summed E-state index contributed by atoms with van der Waals surface area (Å²) in [6.07, 6.45) is 2.93. The molecule has 26 heavy (non-hydrogen) atoms. The molecular formula is C19H18N4O3. The molecule has 1 aromatic carbocycles. The number of phenols is 1. The monoisotopic (exact) mass is 350 g/mol. The highest BCUT2D eigenvalue weighted by atomic mass is 16.3. The Morgan fingerprint density at radius 3 is 2.69 bits per heavy atom. The average molecular weight is 350 g/mol. The third kappa shape index (κ3) is 3.46. The minimum atomic E-state index is -0.588. The van der Waals surface area contributed by atoms with Crippen LogP contribution in [0.25, 0.3) is 11.0 Å². The van der Waals surface area contributed by atoms with Gasteiger partial charge >= 0.3 is 0 Å². The quantitative estimate of drug-likeness (QED) is 0.557. The summed E-state index contributed by atoms with van der Waals surface area (Å²) in [6.45, 7) is 4.34. The summed E-state index contributed by atoms with van der Waals surface area (Å²) in [5.74, 6) is -0.444. The van der Waals surface area contributed by atoms with Gasteiger partial charge < -0.3 is 9.67 Å². The number of carbonyl (C=O) groups excluding carboxylic acids is 1. The highest BCUT2D eigenvalue weighted by Gasteiger charge is 2.15. The Morgan fingerprint density at radius 2 is 2.00 bits per heavy atom. The Kier molecular flexibility index (Phi) is 4.79. The van der Waals surface area contributed by atoms with Gasteiger partial charge in [-0.25, -0.2) is 10.4 Å². The van der Waals surface area contributed by atoms with Crippen LogP contribution in [-0.2, 0) is 6.54 Å². The Labute approximate surface area is 149 Å². The van der Waals surface area contributed by atoms with Crippen LogP contribution in [0.15, 0.2) is 52.5 Å². The first-order valence-electron chi connectivity index (χ1n) is 8.13. The molecule has 132 valence electrons. The number of pyridine rings is 2. The lowest BCUT2D eigenvalue weighted by molar-refractivity contribution is 0.0953. The molecule has 2 heterocycles. The van der Waals surface area contributed by atoms with Crippen LogP contribution in [0, 0.1) is 6.92 Å². The smallest absolute Gasteiger partial charge is 0.276 e. The summed E-state index contributed by atoms with van der Waals surface area (Å²) in [7, 11) is 0. The average Bonchev–Trinajstić information content (AvgIpc) is 2.63. The minimum absolute atomic E-state index is 0.00728. The molecule has 0 spiro atoms. The van der Waals surface area contributed by atoms with E-state index in [1.165, 1.54) is 24.5 Å². The van der Waals surface area contributed by atoms with Gasteiger partial charge in [0.15, 0.2) is 0 Å². The van der Waals surface area contributed by atoms with Crippen molar-refractivity contribution in [2.24, 2.45) is 5.10 Å². The second-order valence-corrected chi connectivity index (χ2v) is 5.77. The Hall–Kier alpha value is -3.48. The van der Waals surface area contributed by atoms with Gasteiger partial charge in [-0.05, 0) is 55.8 Å². The number of rotatable bonds is 4. The number of aromatic nitrogens is 2. The van der Waals surface area contributed by atoms with Gasteiger partial charge in [0.1, 0.15) is 17.0 Å². The van der Waals surface area contributed by atoms with Crippen LogP contribution in [0.5, 0.6) is 5.75 Å². The molecule has 1 amide bonds. The number of amides is 1. The van der Waals surface area contributed by atoms with Gasteiger partial charge in [0.2, 0.25) is 5.43 Å². The SMILES string of the molecule is CCn1cc(C(=O)N/N=C/c2ccc(O)cc2)c(=O)c2ccc(C)nc21. The van der Waals surface area contributed by atoms with Crippen LogP contribution in [0.2, 0.25) is 0 Å². The molecule has 0 aliphatic heterocycles. The van der Waals surface area contributed by atoms with Gasteiger partial charge in [-0.15, -0.1) is 0 Å². The van der Waals surface area contributed by atoms with Crippen molar-refractivity contribution in [2.75, 3.05) is 0 Å². The molecular weight excluding hydrogens is 332 g/mol. The number of hydrogen-bond acceptors (Lipinski definition) is 5. The molecule has 0 atom stereocenters. The van der Waals surface area contributed by atoms with Crippen molar-refractivity contribution in [1.82, 2.24) is 15.0 Å². The second kappa shape index (κ2) is 7.18. The molecule has 0 fully saturated rings. The van der Waals surface area contributed by atoms with Crippen molar-refractivity contribution in [3.8, 4) is 5.75 Å². The lowest BCUT2D eigenvalue weighted by Gasteiger charge is -2.10. The Bertz CT molecular complexity index is 1050. The number of benzene rings is 1. The number of hydrogen-bond donors (Lipinski definition) is 2. The maximum atomic E-state index is 12.6. The van der Waals surface area contributed by atoms with Gasteiger partial charge in [-0.2, -0.15) is 5.10 Å². The zero-order valence-corrected chi connectivity index (χ0v) is 14.4. The molecule has 2 aromatic heterocycles. The van der Waals surface area contributed by atoms with Crippen molar-refractivity contribution in [1.29, 1.82) is 0 Å². The first-order valence-corrected chi connectivity index (χ1v) is 8.13. The number of nitrogens with zero attached hydrogens (tertiary/aromatic N) is 3. The van der Waals surface area contributed by atoms with Crippen LogP contribution in [0.3, 0.4) is 0 Å². The molecule has 3 rings (SSSR count). The van der Waals surface area contributed by atoms with Gasteiger partial charge in [0, 0.05) is 18.4 Å². The van der Waals surface area contributed by atoms with Crippen LogP contribution >= 0.6 is 0 Å². The van der Waals surface area contributed by atoms with E-state index in [0.717, 1.165) is 5.69 Å². The molecule has 2 N–H and O–H groups in total. The molecule has 3 aromatic rings. The molecule has 0 unspecified atom stereocenters. The molecule has 0 bridgehead atoms. The summed E-state index contributed by atoms with van der Waals surface area (Å²) in [6, 6.07) is 9.76. The number of aromatic hydroxyl groups is 1. The van der Waals surface area contributed by atoms with Crippen LogP contribution in [0.1, 0.15) is 28.5 Å². The summed E-state index contributed by atoms with van der Waals surface area (Å²) in [5.41, 5.74) is 4.05. The van der Waals surface area contributed by atoms with E-state index in [-0.39, 0.29) is 16.7 Å². The van der Waals surface area contributed by atoms with Crippen molar-refractivity contribution in [3.05, 3.63) is 69.6 Å². The maximum Gasteiger partial charge on any atom is 0.276 e. The van der Waals surface area contributed by atoms with E-state index in [2.05, 4.69) is 15.5 Å². The largest absolute Gasteiger partial charge is 0.508 e. The zero-order chi connectivity index (χ0) is 18.7. The summed E-state index contributed by atoms with van der Waals surface area (Å²) < 4.78 is 1.77. The Morgan fingerprint density at radius 1 is 1.27 bits per heavy atom. The van der Waals surface area contributed by atoms with Crippen LogP contribution in [-0.4, -0.2) is 26.8 Å². The molecule has 7 nitrogen and oxygen atoms in total. The predicted molar refractivity (Wildman–Crippen MR) is 99.6 cm³/mol. The van der Waals surface area contributed by atoms with E-state index in [4.69, 9.17) is 0 Å². The third-order valence-corrected chi connectivity index (χ3v) is 3.92. The van der Waals surface area contributed by atoms with Crippen molar-refractivity contribution >= 4 is 23.2 Å². The molecule has 0 aliphatic carbocycles. The fourth-order valence-corrected chi connectivity index (χ4v) is 2.55. The summed E-state index contributed by atoms with van der Waals surface area (Å²) in [4.78, 5) is 29.4. The molecule has 0 saturated heterocycles. The van der Waals surface area contributed by atoms with E-state index in [1.54, 1.807) is 28.8 Å². The van der Waals surface area contributed by atoms with E-state index >= 15 is 0 Å².